The van der Waals surface area contributed by atoms with E-state index in [1.807, 2.05) is 0 Å². The van der Waals surface area contributed by atoms with E-state index in [2.05, 4.69) is 200 Å². The fraction of sp³-hybridized carbons (Fsp3) is 0.0769. The molecule has 11 rings (SSSR count). The molecular weight excluding hydrogens is 639 g/mol. The molecule has 1 heterocycles. The van der Waals surface area contributed by atoms with Crippen molar-refractivity contribution in [2.24, 2.45) is 0 Å². The maximum atomic E-state index is 2.50. The first-order valence-corrected chi connectivity index (χ1v) is 18.7. The van der Waals surface area contributed by atoms with E-state index in [9.17, 15) is 0 Å². The van der Waals surface area contributed by atoms with Crippen LogP contribution in [0.15, 0.2) is 182 Å². The molecule has 1 aliphatic rings. The van der Waals surface area contributed by atoms with Gasteiger partial charge >= 0.3 is 0 Å². The van der Waals surface area contributed by atoms with Gasteiger partial charge in [0.2, 0.25) is 0 Å². The minimum absolute atomic E-state index is 0.0432. The van der Waals surface area contributed by atoms with Gasteiger partial charge in [-0.25, -0.2) is 0 Å². The lowest BCUT2D eigenvalue weighted by molar-refractivity contribution is 0.659. The van der Waals surface area contributed by atoms with Gasteiger partial charge in [0.1, 0.15) is 0 Å². The molecule has 53 heavy (non-hydrogen) atoms. The Balaban J connectivity index is 1.13. The summed E-state index contributed by atoms with van der Waals surface area (Å²) < 4.78 is 2.41. The molecule has 0 bridgehead atoms. The molecule has 1 unspecified atom stereocenters. The van der Waals surface area contributed by atoms with Gasteiger partial charge in [0.25, 0.3) is 0 Å². The second-order valence-corrected chi connectivity index (χ2v) is 15.3. The summed E-state index contributed by atoms with van der Waals surface area (Å²) in [5.74, 6) is 0.0432. The van der Waals surface area contributed by atoms with Crippen molar-refractivity contribution in [2.75, 3.05) is 0 Å². The Morgan fingerprint density at radius 3 is 1.45 bits per heavy atom. The number of rotatable bonds is 4. The predicted molar refractivity (Wildman–Crippen MR) is 225 cm³/mol. The molecule has 0 N–H and O–H groups in total. The van der Waals surface area contributed by atoms with Gasteiger partial charge in [-0.2, -0.15) is 0 Å². The van der Waals surface area contributed by atoms with Gasteiger partial charge in [0.05, 0.1) is 11.0 Å². The predicted octanol–water partition coefficient (Wildman–Crippen LogP) is 13.7. The highest BCUT2D eigenvalue weighted by Crippen LogP contribution is 2.50. The van der Waals surface area contributed by atoms with Gasteiger partial charge < -0.3 is 4.57 Å². The quantitative estimate of drug-likeness (QED) is 0.129. The third kappa shape index (κ3) is 4.38. The molecule has 0 spiro atoms. The number of para-hydroxylation sites is 2. The largest absolute Gasteiger partial charge is 0.309 e. The van der Waals surface area contributed by atoms with Crippen molar-refractivity contribution in [2.45, 2.75) is 25.2 Å². The third-order valence-corrected chi connectivity index (χ3v) is 12.1. The molecule has 10 aromatic rings. The molecule has 0 saturated heterocycles. The molecular formula is C52H37N. The maximum Gasteiger partial charge on any atom is 0.0541 e. The van der Waals surface area contributed by atoms with Gasteiger partial charge in [-0.3, -0.25) is 0 Å². The van der Waals surface area contributed by atoms with Crippen LogP contribution in [0.1, 0.15) is 47.6 Å². The lowest BCUT2D eigenvalue weighted by atomic mass is 9.78. The Morgan fingerprint density at radius 2 is 0.811 bits per heavy atom. The van der Waals surface area contributed by atoms with Crippen LogP contribution in [0.3, 0.4) is 0 Å². The van der Waals surface area contributed by atoms with E-state index in [4.69, 9.17) is 0 Å². The third-order valence-electron chi connectivity index (χ3n) is 12.1. The minimum Gasteiger partial charge on any atom is -0.309 e. The second-order valence-electron chi connectivity index (χ2n) is 15.3. The molecule has 250 valence electrons. The van der Waals surface area contributed by atoms with Gasteiger partial charge in [0.15, 0.2) is 0 Å². The highest BCUT2D eigenvalue weighted by Gasteiger charge is 2.36. The fourth-order valence-corrected chi connectivity index (χ4v) is 9.60. The minimum atomic E-state index is -0.0780. The van der Waals surface area contributed by atoms with E-state index < -0.39 is 0 Å². The lowest BCUT2D eigenvalue weighted by Gasteiger charge is -2.25. The molecule has 9 aromatic carbocycles. The monoisotopic (exact) mass is 675 g/mol. The molecule has 1 aliphatic carbocycles. The van der Waals surface area contributed by atoms with Crippen molar-refractivity contribution in [1.29, 1.82) is 0 Å². The number of hydrogen-bond acceptors (Lipinski definition) is 0. The summed E-state index contributed by atoms with van der Waals surface area (Å²) in [5, 5.41) is 10.4. The molecule has 0 radical (unpaired) electrons. The second kappa shape index (κ2) is 11.3. The van der Waals surface area contributed by atoms with E-state index in [0.29, 0.717) is 0 Å². The number of fused-ring (bicyclic) bond motifs is 12. The maximum absolute atomic E-state index is 2.50. The van der Waals surface area contributed by atoms with Crippen LogP contribution in [0.5, 0.6) is 0 Å². The van der Waals surface area contributed by atoms with Gasteiger partial charge in [-0.1, -0.05) is 166 Å². The number of benzene rings is 9. The van der Waals surface area contributed by atoms with Crippen LogP contribution in [0.25, 0.3) is 70.9 Å². The van der Waals surface area contributed by atoms with Crippen LogP contribution in [0.2, 0.25) is 0 Å². The molecule has 0 saturated carbocycles. The van der Waals surface area contributed by atoms with Crippen molar-refractivity contribution in [3.63, 3.8) is 0 Å². The van der Waals surface area contributed by atoms with E-state index in [1.165, 1.54) is 98.8 Å². The summed E-state index contributed by atoms with van der Waals surface area (Å²) in [6, 6.07) is 68.0. The Hall–Kier alpha value is -6.44. The van der Waals surface area contributed by atoms with Gasteiger partial charge in [-0.15, -0.1) is 0 Å². The fourth-order valence-electron chi connectivity index (χ4n) is 9.60. The van der Waals surface area contributed by atoms with E-state index >= 15 is 0 Å². The smallest absolute Gasteiger partial charge is 0.0541 e. The van der Waals surface area contributed by atoms with Crippen LogP contribution < -0.4 is 0 Å². The highest BCUT2D eigenvalue weighted by molar-refractivity contribution is 6.25. The number of nitrogens with zero attached hydrogens (tertiary/aromatic N) is 1. The zero-order valence-electron chi connectivity index (χ0n) is 29.8. The summed E-state index contributed by atoms with van der Waals surface area (Å²) in [4.78, 5) is 0. The van der Waals surface area contributed by atoms with Crippen LogP contribution in [0.4, 0.5) is 0 Å². The molecule has 0 amide bonds. The van der Waals surface area contributed by atoms with Crippen molar-refractivity contribution >= 4 is 54.1 Å². The first-order valence-electron chi connectivity index (χ1n) is 18.7. The zero-order valence-corrected chi connectivity index (χ0v) is 29.8. The average Bonchev–Trinajstić information content (AvgIpc) is 3.67. The van der Waals surface area contributed by atoms with Crippen LogP contribution in [0, 0.1) is 0 Å². The summed E-state index contributed by atoms with van der Waals surface area (Å²) in [7, 11) is 0. The summed E-state index contributed by atoms with van der Waals surface area (Å²) in [5.41, 5.74) is 13.0. The van der Waals surface area contributed by atoms with Crippen LogP contribution in [-0.4, -0.2) is 4.57 Å². The standard InChI is InChI=1S/C52H37N/c1-52(2)47-20-10-7-17-42(47)43-30-26-35(32-48(43)52)51(34-25-29-41-39-15-4-3-13-37(39)38-14-5-6-16-40(38)46(41)31-34)33-23-27-36(28-24-33)53-49-21-11-8-18-44(49)45-19-9-12-22-50(45)53/h3-32,51H,1-2H3. The zero-order chi connectivity index (χ0) is 35.3. The highest BCUT2D eigenvalue weighted by atomic mass is 15.0. The number of aromatic nitrogens is 1. The normalized spacial score (nSPS) is 13.9. The van der Waals surface area contributed by atoms with Crippen molar-refractivity contribution in [3.05, 3.63) is 210 Å². The molecule has 1 atom stereocenters. The molecule has 1 nitrogen and oxygen atoms in total. The molecule has 1 heteroatoms. The Morgan fingerprint density at radius 1 is 0.358 bits per heavy atom. The first-order chi connectivity index (χ1) is 26.1. The summed E-state index contributed by atoms with van der Waals surface area (Å²) >= 11 is 0. The average molecular weight is 676 g/mol. The van der Waals surface area contributed by atoms with Gasteiger partial charge in [-0.05, 0) is 102 Å². The van der Waals surface area contributed by atoms with Crippen LogP contribution >= 0.6 is 0 Å². The first kappa shape index (κ1) is 30.2. The number of hydrogen-bond donors (Lipinski definition) is 0. The Kier molecular flexibility index (Phi) is 6.43. The van der Waals surface area contributed by atoms with Crippen LogP contribution in [-0.2, 0) is 5.41 Å². The van der Waals surface area contributed by atoms with E-state index in [-0.39, 0.29) is 11.3 Å². The topological polar surface area (TPSA) is 4.93 Å². The van der Waals surface area contributed by atoms with Crippen molar-refractivity contribution < 1.29 is 0 Å². The molecule has 0 fully saturated rings. The van der Waals surface area contributed by atoms with Crippen molar-refractivity contribution in [3.8, 4) is 16.8 Å². The molecule has 0 aliphatic heterocycles. The summed E-state index contributed by atoms with van der Waals surface area (Å²) in [6.07, 6.45) is 0. The lowest BCUT2D eigenvalue weighted by Crippen LogP contribution is -2.15. The van der Waals surface area contributed by atoms with Gasteiger partial charge in [0, 0.05) is 27.8 Å². The Labute approximate surface area is 309 Å². The molecule has 1 aromatic heterocycles. The van der Waals surface area contributed by atoms with E-state index in [0.717, 1.165) is 0 Å². The summed E-state index contributed by atoms with van der Waals surface area (Å²) in [6.45, 7) is 4.76. The SMILES string of the molecule is CC1(C)c2ccccc2-c2ccc(C(c3ccc(-n4c5ccccc5c5ccccc54)cc3)c3ccc4c5ccccc5c5ccccc5c4c3)cc21. The Bertz CT molecular complexity index is 3000. The van der Waals surface area contributed by atoms with E-state index in [1.54, 1.807) is 0 Å². The van der Waals surface area contributed by atoms with Crippen molar-refractivity contribution in [1.82, 2.24) is 4.57 Å².